The predicted octanol–water partition coefficient (Wildman–Crippen LogP) is 2.50. The zero-order valence-electron chi connectivity index (χ0n) is 13.0. The number of nitrogens with zero attached hydrogens (tertiary/aromatic N) is 1. The van der Waals surface area contributed by atoms with Crippen LogP contribution in [0.25, 0.3) is 0 Å². The molecule has 0 heterocycles. The number of rotatable bonds is 7. The van der Waals surface area contributed by atoms with Crippen LogP contribution in [0.3, 0.4) is 0 Å². The average molecular weight is 268 g/mol. The molecule has 0 bridgehead atoms. The number of hydrogen-bond acceptors (Lipinski definition) is 3. The van der Waals surface area contributed by atoms with Crippen LogP contribution in [0, 0.1) is 17.8 Å². The van der Waals surface area contributed by atoms with E-state index >= 15 is 0 Å². The SMILES string of the molecule is CC1CCCC(CN)(N(C)CCOCC2CC2)C1C. The van der Waals surface area contributed by atoms with Gasteiger partial charge in [0.1, 0.15) is 0 Å². The van der Waals surface area contributed by atoms with E-state index in [9.17, 15) is 0 Å². The standard InChI is InChI=1S/C16H32N2O/c1-13-5-4-8-16(12-17,14(13)2)18(3)9-10-19-11-15-6-7-15/h13-15H,4-12,17H2,1-3H3. The molecule has 3 heteroatoms. The van der Waals surface area contributed by atoms with E-state index in [1.807, 2.05) is 0 Å². The van der Waals surface area contributed by atoms with Gasteiger partial charge >= 0.3 is 0 Å². The Labute approximate surface area is 118 Å². The summed E-state index contributed by atoms with van der Waals surface area (Å²) < 4.78 is 5.79. The predicted molar refractivity (Wildman–Crippen MR) is 80.1 cm³/mol. The minimum atomic E-state index is 0.195. The number of ether oxygens (including phenoxy) is 1. The fourth-order valence-corrected chi connectivity index (χ4v) is 3.68. The van der Waals surface area contributed by atoms with E-state index in [-0.39, 0.29) is 5.54 Å². The number of nitrogens with two attached hydrogens (primary N) is 1. The molecule has 2 aliphatic carbocycles. The highest BCUT2D eigenvalue weighted by Gasteiger charge is 2.43. The molecule has 0 aromatic carbocycles. The van der Waals surface area contributed by atoms with Crippen molar-refractivity contribution in [3.8, 4) is 0 Å². The Balaban J connectivity index is 1.83. The van der Waals surface area contributed by atoms with E-state index in [2.05, 4.69) is 25.8 Å². The van der Waals surface area contributed by atoms with Gasteiger partial charge in [0.2, 0.25) is 0 Å². The molecular formula is C16H32N2O. The van der Waals surface area contributed by atoms with Crippen LogP contribution in [0.15, 0.2) is 0 Å². The second kappa shape index (κ2) is 6.55. The van der Waals surface area contributed by atoms with Crippen molar-refractivity contribution in [3.63, 3.8) is 0 Å². The van der Waals surface area contributed by atoms with Crippen molar-refractivity contribution < 1.29 is 4.74 Å². The first-order valence-corrected chi connectivity index (χ1v) is 8.09. The molecule has 112 valence electrons. The van der Waals surface area contributed by atoms with E-state index in [0.717, 1.165) is 38.1 Å². The van der Waals surface area contributed by atoms with Gasteiger partial charge in [-0.25, -0.2) is 0 Å². The molecule has 0 saturated heterocycles. The molecule has 2 saturated carbocycles. The molecule has 0 spiro atoms. The monoisotopic (exact) mass is 268 g/mol. The Kier molecular flexibility index (Phi) is 5.27. The maximum absolute atomic E-state index is 6.17. The largest absolute Gasteiger partial charge is 0.380 e. The Morgan fingerprint density at radius 1 is 1.26 bits per heavy atom. The van der Waals surface area contributed by atoms with Gasteiger partial charge in [-0.3, -0.25) is 4.90 Å². The molecule has 0 amide bonds. The van der Waals surface area contributed by atoms with Gasteiger partial charge in [0.15, 0.2) is 0 Å². The third kappa shape index (κ3) is 3.50. The molecule has 0 aromatic rings. The third-order valence-corrected chi connectivity index (χ3v) is 5.71. The summed E-state index contributed by atoms with van der Waals surface area (Å²) in [6.07, 6.45) is 6.66. The fourth-order valence-electron chi connectivity index (χ4n) is 3.68. The fraction of sp³-hybridized carbons (Fsp3) is 1.00. The van der Waals surface area contributed by atoms with Crippen LogP contribution in [0.4, 0.5) is 0 Å². The molecule has 3 unspecified atom stereocenters. The van der Waals surface area contributed by atoms with Crippen LogP contribution >= 0.6 is 0 Å². The summed E-state index contributed by atoms with van der Waals surface area (Å²) in [5, 5.41) is 0. The lowest BCUT2D eigenvalue weighted by atomic mass is 9.67. The van der Waals surface area contributed by atoms with Crippen LogP contribution in [0.5, 0.6) is 0 Å². The third-order valence-electron chi connectivity index (χ3n) is 5.71. The second-order valence-electron chi connectivity index (χ2n) is 6.91. The van der Waals surface area contributed by atoms with Crippen molar-refractivity contribution in [3.05, 3.63) is 0 Å². The molecule has 0 radical (unpaired) electrons. The summed E-state index contributed by atoms with van der Waals surface area (Å²) >= 11 is 0. The molecule has 0 aliphatic heterocycles. The lowest BCUT2D eigenvalue weighted by Gasteiger charge is -2.51. The summed E-state index contributed by atoms with van der Waals surface area (Å²) in [5.41, 5.74) is 6.37. The van der Waals surface area contributed by atoms with Crippen molar-refractivity contribution in [2.24, 2.45) is 23.5 Å². The van der Waals surface area contributed by atoms with Gasteiger partial charge in [-0.15, -0.1) is 0 Å². The van der Waals surface area contributed by atoms with Crippen LogP contribution in [0.1, 0.15) is 46.0 Å². The maximum atomic E-state index is 6.17. The summed E-state index contributed by atoms with van der Waals surface area (Å²) in [6, 6.07) is 0. The van der Waals surface area contributed by atoms with E-state index in [4.69, 9.17) is 10.5 Å². The molecule has 3 nitrogen and oxygen atoms in total. The van der Waals surface area contributed by atoms with Crippen LogP contribution in [-0.2, 0) is 4.74 Å². The minimum Gasteiger partial charge on any atom is -0.380 e. The van der Waals surface area contributed by atoms with Crippen molar-refractivity contribution in [2.75, 3.05) is 33.4 Å². The highest BCUT2D eigenvalue weighted by atomic mass is 16.5. The van der Waals surface area contributed by atoms with Crippen LogP contribution < -0.4 is 5.73 Å². The number of likely N-dealkylation sites (N-methyl/N-ethyl adjacent to an activating group) is 1. The highest BCUT2D eigenvalue weighted by Crippen LogP contribution is 2.40. The van der Waals surface area contributed by atoms with Crippen molar-refractivity contribution in [1.82, 2.24) is 4.90 Å². The summed E-state index contributed by atoms with van der Waals surface area (Å²) in [5.74, 6) is 2.33. The molecule has 2 fully saturated rings. The first-order valence-electron chi connectivity index (χ1n) is 8.09. The van der Waals surface area contributed by atoms with Crippen LogP contribution in [0.2, 0.25) is 0 Å². The molecule has 3 atom stereocenters. The molecule has 0 aromatic heterocycles. The lowest BCUT2D eigenvalue weighted by Crippen LogP contribution is -2.60. The summed E-state index contributed by atoms with van der Waals surface area (Å²) in [4.78, 5) is 2.49. The van der Waals surface area contributed by atoms with Crippen molar-refractivity contribution >= 4 is 0 Å². The second-order valence-corrected chi connectivity index (χ2v) is 6.91. The smallest absolute Gasteiger partial charge is 0.0593 e. The van der Waals surface area contributed by atoms with E-state index in [0.29, 0.717) is 5.92 Å². The summed E-state index contributed by atoms with van der Waals surface area (Å²) in [7, 11) is 2.24. The first-order chi connectivity index (χ1) is 9.10. The summed E-state index contributed by atoms with van der Waals surface area (Å²) in [6.45, 7) is 8.38. The van der Waals surface area contributed by atoms with Gasteiger partial charge in [-0.05, 0) is 44.1 Å². The van der Waals surface area contributed by atoms with Crippen LogP contribution in [-0.4, -0.2) is 43.8 Å². The Morgan fingerprint density at radius 3 is 2.63 bits per heavy atom. The zero-order valence-corrected chi connectivity index (χ0v) is 13.0. The maximum Gasteiger partial charge on any atom is 0.0593 e. The van der Waals surface area contributed by atoms with Gasteiger partial charge in [0.25, 0.3) is 0 Å². The van der Waals surface area contributed by atoms with Crippen molar-refractivity contribution in [1.29, 1.82) is 0 Å². The molecule has 2 rings (SSSR count). The zero-order chi connectivity index (χ0) is 13.9. The molecule has 19 heavy (non-hydrogen) atoms. The lowest BCUT2D eigenvalue weighted by molar-refractivity contribution is -0.0116. The molecule has 2 aliphatic rings. The van der Waals surface area contributed by atoms with E-state index < -0.39 is 0 Å². The van der Waals surface area contributed by atoms with E-state index in [1.54, 1.807) is 0 Å². The number of hydrogen-bond donors (Lipinski definition) is 1. The van der Waals surface area contributed by atoms with Gasteiger partial charge in [-0.1, -0.05) is 26.7 Å². The van der Waals surface area contributed by atoms with Gasteiger partial charge in [0, 0.05) is 25.2 Å². The Morgan fingerprint density at radius 2 is 2.00 bits per heavy atom. The first kappa shape index (κ1) is 15.3. The highest BCUT2D eigenvalue weighted by molar-refractivity contribution is 4.99. The quantitative estimate of drug-likeness (QED) is 0.721. The Hall–Kier alpha value is -0.120. The average Bonchev–Trinajstić information content (AvgIpc) is 3.22. The van der Waals surface area contributed by atoms with Gasteiger partial charge < -0.3 is 10.5 Å². The molecular weight excluding hydrogens is 236 g/mol. The van der Waals surface area contributed by atoms with Gasteiger partial charge in [0.05, 0.1) is 6.61 Å². The van der Waals surface area contributed by atoms with Gasteiger partial charge in [-0.2, -0.15) is 0 Å². The topological polar surface area (TPSA) is 38.5 Å². The normalized spacial score (nSPS) is 35.8. The minimum absolute atomic E-state index is 0.195. The van der Waals surface area contributed by atoms with Crippen molar-refractivity contribution in [2.45, 2.75) is 51.5 Å². The Bertz CT molecular complexity index is 280. The molecule has 2 N–H and O–H groups in total. The van der Waals surface area contributed by atoms with E-state index in [1.165, 1.54) is 32.1 Å².